The molecule has 0 aliphatic carbocycles. The molecule has 1 heterocycles. The van der Waals surface area contributed by atoms with Gasteiger partial charge in [0, 0.05) is 17.5 Å². The molecular formula is C12H11FN4S. The summed E-state index contributed by atoms with van der Waals surface area (Å²) in [6.07, 6.45) is 1.63. The molecule has 0 aliphatic rings. The van der Waals surface area contributed by atoms with Crippen molar-refractivity contribution in [3.05, 3.63) is 47.5 Å². The first kappa shape index (κ1) is 12.5. The van der Waals surface area contributed by atoms with Crippen molar-refractivity contribution in [1.82, 2.24) is 9.97 Å². The molecule has 0 fully saturated rings. The van der Waals surface area contributed by atoms with Crippen molar-refractivity contribution in [2.75, 3.05) is 0 Å². The number of hydrogen-bond donors (Lipinski definition) is 2. The number of benzene rings is 1. The Morgan fingerprint density at radius 1 is 1.39 bits per heavy atom. The van der Waals surface area contributed by atoms with E-state index in [0.717, 1.165) is 17.5 Å². The van der Waals surface area contributed by atoms with E-state index in [9.17, 15) is 4.39 Å². The van der Waals surface area contributed by atoms with Gasteiger partial charge in [0.15, 0.2) is 5.16 Å². The van der Waals surface area contributed by atoms with Crippen molar-refractivity contribution in [1.29, 1.82) is 5.41 Å². The lowest BCUT2D eigenvalue weighted by Gasteiger charge is -2.04. The summed E-state index contributed by atoms with van der Waals surface area (Å²) in [5.41, 5.74) is 6.48. The molecule has 3 N–H and O–H groups in total. The maximum Gasteiger partial charge on any atom is 0.192 e. The number of nitrogens with one attached hydrogen (secondary N) is 1. The van der Waals surface area contributed by atoms with Crippen LogP contribution in [0.25, 0.3) is 0 Å². The highest BCUT2D eigenvalue weighted by Gasteiger charge is 2.08. The Hall–Kier alpha value is -1.95. The lowest BCUT2D eigenvalue weighted by Crippen LogP contribution is -2.11. The highest BCUT2D eigenvalue weighted by atomic mass is 32.2. The lowest BCUT2D eigenvalue weighted by molar-refractivity contribution is 0.601. The minimum Gasteiger partial charge on any atom is -0.384 e. The topological polar surface area (TPSA) is 75.7 Å². The summed E-state index contributed by atoms with van der Waals surface area (Å²) in [6, 6.07) is 6.19. The first-order valence-corrected chi connectivity index (χ1v) is 5.99. The summed E-state index contributed by atoms with van der Waals surface area (Å²) in [7, 11) is 0. The van der Waals surface area contributed by atoms with Crippen LogP contribution in [-0.2, 0) is 0 Å². The summed E-state index contributed by atoms with van der Waals surface area (Å²) in [6.45, 7) is 1.85. The first-order valence-electron chi connectivity index (χ1n) is 5.17. The first-order chi connectivity index (χ1) is 8.56. The Morgan fingerprint density at radius 2 is 2.17 bits per heavy atom. The van der Waals surface area contributed by atoms with Gasteiger partial charge in [-0.15, -0.1) is 0 Å². The van der Waals surface area contributed by atoms with Crippen LogP contribution in [0, 0.1) is 18.2 Å². The van der Waals surface area contributed by atoms with Gasteiger partial charge in [0.05, 0.1) is 4.90 Å². The molecule has 0 saturated heterocycles. The van der Waals surface area contributed by atoms with E-state index in [0.29, 0.717) is 15.6 Å². The third-order valence-electron chi connectivity index (χ3n) is 2.22. The van der Waals surface area contributed by atoms with Crippen LogP contribution in [0.1, 0.15) is 11.3 Å². The fourth-order valence-electron chi connectivity index (χ4n) is 1.32. The largest absolute Gasteiger partial charge is 0.384 e. The number of hydrogen-bond acceptors (Lipinski definition) is 4. The van der Waals surface area contributed by atoms with Crippen LogP contribution < -0.4 is 5.73 Å². The molecule has 0 spiro atoms. The second kappa shape index (κ2) is 5.14. The standard InChI is InChI=1S/C12H11FN4S/c1-7-4-5-16-12(17-7)18-10-3-2-8(11(14)15)6-9(10)13/h2-6H,1H3,(H3,14,15). The Labute approximate surface area is 108 Å². The molecule has 0 radical (unpaired) electrons. The van der Waals surface area contributed by atoms with Crippen LogP contribution >= 0.6 is 11.8 Å². The van der Waals surface area contributed by atoms with Crippen molar-refractivity contribution in [3.63, 3.8) is 0 Å². The third kappa shape index (κ3) is 2.84. The van der Waals surface area contributed by atoms with Gasteiger partial charge in [-0.2, -0.15) is 0 Å². The average molecular weight is 262 g/mol. The zero-order chi connectivity index (χ0) is 13.1. The van der Waals surface area contributed by atoms with Crippen LogP contribution in [-0.4, -0.2) is 15.8 Å². The minimum absolute atomic E-state index is 0.155. The molecule has 6 heteroatoms. The Bertz CT molecular complexity index is 600. The van der Waals surface area contributed by atoms with Crippen molar-refractivity contribution in [2.24, 2.45) is 5.73 Å². The van der Waals surface area contributed by atoms with Gasteiger partial charge < -0.3 is 5.73 Å². The predicted molar refractivity (Wildman–Crippen MR) is 68.3 cm³/mol. The number of nitrogen functional groups attached to an aromatic ring is 1. The van der Waals surface area contributed by atoms with E-state index in [1.54, 1.807) is 24.4 Å². The molecule has 0 unspecified atom stereocenters. The van der Waals surface area contributed by atoms with E-state index in [2.05, 4.69) is 9.97 Å². The maximum absolute atomic E-state index is 13.8. The molecule has 0 atom stereocenters. The van der Waals surface area contributed by atoms with Crippen LogP contribution in [0.3, 0.4) is 0 Å². The summed E-state index contributed by atoms with van der Waals surface area (Å²) in [5, 5.41) is 7.72. The van der Waals surface area contributed by atoms with Gasteiger partial charge in [-0.1, -0.05) is 0 Å². The molecule has 0 amide bonds. The fraction of sp³-hybridized carbons (Fsp3) is 0.0833. The normalized spacial score (nSPS) is 10.3. The quantitative estimate of drug-likeness (QED) is 0.506. The number of halogens is 1. The van der Waals surface area contributed by atoms with Gasteiger partial charge in [-0.25, -0.2) is 14.4 Å². The molecule has 1 aromatic heterocycles. The SMILES string of the molecule is Cc1ccnc(Sc2ccc(C(=N)N)cc2F)n1. The molecule has 92 valence electrons. The predicted octanol–water partition coefficient (Wildman–Crippen LogP) is 2.36. The van der Waals surface area contributed by atoms with E-state index in [4.69, 9.17) is 11.1 Å². The number of nitrogens with two attached hydrogens (primary N) is 1. The van der Waals surface area contributed by atoms with E-state index in [1.165, 1.54) is 6.07 Å². The van der Waals surface area contributed by atoms with Crippen molar-refractivity contribution in [2.45, 2.75) is 17.0 Å². The second-order valence-electron chi connectivity index (χ2n) is 3.64. The van der Waals surface area contributed by atoms with Crippen LogP contribution in [0.4, 0.5) is 4.39 Å². The molecule has 2 aromatic rings. The molecule has 18 heavy (non-hydrogen) atoms. The fourth-order valence-corrected chi connectivity index (χ4v) is 2.12. The molecule has 1 aromatic carbocycles. The van der Waals surface area contributed by atoms with Crippen LogP contribution in [0.5, 0.6) is 0 Å². The number of nitrogens with zero attached hydrogens (tertiary/aromatic N) is 2. The van der Waals surface area contributed by atoms with Gasteiger partial charge in [0.1, 0.15) is 11.7 Å². The van der Waals surface area contributed by atoms with Crippen LogP contribution in [0.15, 0.2) is 40.5 Å². The zero-order valence-corrected chi connectivity index (χ0v) is 10.5. The minimum atomic E-state index is -0.433. The molecular weight excluding hydrogens is 251 g/mol. The summed E-state index contributed by atoms with van der Waals surface area (Å²) in [4.78, 5) is 8.65. The molecule has 0 bridgehead atoms. The van der Waals surface area contributed by atoms with Crippen molar-refractivity contribution >= 4 is 17.6 Å². The highest BCUT2D eigenvalue weighted by molar-refractivity contribution is 7.99. The summed E-state index contributed by atoms with van der Waals surface area (Å²) >= 11 is 1.14. The summed E-state index contributed by atoms with van der Waals surface area (Å²) < 4.78 is 13.8. The number of amidine groups is 1. The van der Waals surface area contributed by atoms with Crippen molar-refractivity contribution in [3.8, 4) is 0 Å². The lowest BCUT2D eigenvalue weighted by atomic mass is 10.2. The molecule has 2 rings (SSSR count). The number of aromatic nitrogens is 2. The molecule has 0 saturated carbocycles. The van der Waals surface area contributed by atoms with E-state index in [-0.39, 0.29) is 5.84 Å². The maximum atomic E-state index is 13.8. The van der Waals surface area contributed by atoms with Gasteiger partial charge in [-0.3, -0.25) is 5.41 Å². The van der Waals surface area contributed by atoms with Gasteiger partial charge in [-0.05, 0) is 43.0 Å². The van der Waals surface area contributed by atoms with Gasteiger partial charge >= 0.3 is 0 Å². The van der Waals surface area contributed by atoms with E-state index < -0.39 is 5.82 Å². The Kier molecular flexibility index (Phi) is 3.57. The molecule has 4 nitrogen and oxygen atoms in total. The Balaban J connectivity index is 2.27. The zero-order valence-electron chi connectivity index (χ0n) is 9.64. The third-order valence-corrected chi connectivity index (χ3v) is 3.15. The van der Waals surface area contributed by atoms with Gasteiger partial charge in [0.25, 0.3) is 0 Å². The van der Waals surface area contributed by atoms with E-state index >= 15 is 0 Å². The summed E-state index contributed by atoms with van der Waals surface area (Å²) in [5.74, 6) is -0.588. The van der Waals surface area contributed by atoms with Crippen molar-refractivity contribution < 1.29 is 4.39 Å². The van der Waals surface area contributed by atoms with E-state index in [1.807, 2.05) is 6.92 Å². The molecule has 0 aliphatic heterocycles. The number of rotatable bonds is 3. The highest BCUT2D eigenvalue weighted by Crippen LogP contribution is 2.27. The van der Waals surface area contributed by atoms with Crippen LogP contribution in [0.2, 0.25) is 0 Å². The average Bonchev–Trinajstić information content (AvgIpc) is 2.31. The van der Waals surface area contributed by atoms with Gasteiger partial charge in [0.2, 0.25) is 0 Å². The smallest absolute Gasteiger partial charge is 0.192 e. The Morgan fingerprint density at radius 3 is 2.78 bits per heavy atom. The number of aryl methyl sites for hydroxylation is 1. The monoisotopic (exact) mass is 262 g/mol. The second-order valence-corrected chi connectivity index (χ2v) is 4.65.